The molecule has 0 spiro atoms. The van der Waals surface area contributed by atoms with Crippen molar-refractivity contribution < 1.29 is 31.1 Å². The Morgan fingerprint density at radius 2 is 1.51 bits per heavy atom. The van der Waals surface area contributed by atoms with E-state index in [-0.39, 0.29) is 12.6 Å². The van der Waals surface area contributed by atoms with E-state index >= 15 is 0 Å². The Kier molecular flexibility index (Phi) is 8.13. The van der Waals surface area contributed by atoms with E-state index in [2.05, 4.69) is 22.0 Å². The van der Waals surface area contributed by atoms with Crippen LogP contribution in [0.1, 0.15) is 39.0 Å². The molecule has 0 radical (unpaired) electrons. The number of carbonyl (C=O) groups excluding carboxylic acids is 1. The predicted molar refractivity (Wildman–Crippen MR) is 144 cm³/mol. The Balaban J connectivity index is 1.41. The van der Waals surface area contributed by atoms with Crippen molar-refractivity contribution in [3.8, 4) is 0 Å². The molecular weight excluding hydrogens is 544 g/mol. The molecule has 1 amide bonds. The number of H-pyrrole nitrogens is 1. The van der Waals surface area contributed by atoms with Crippen LogP contribution < -0.4 is 0 Å². The van der Waals surface area contributed by atoms with E-state index in [0.29, 0.717) is 31.6 Å². The van der Waals surface area contributed by atoms with Crippen molar-refractivity contribution in [1.29, 1.82) is 0 Å². The van der Waals surface area contributed by atoms with Crippen molar-refractivity contribution in [2.45, 2.75) is 37.7 Å². The number of para-hydroxylation sites is 1. The van der Waals surface area contributed by atoms with Gasteiger partial charge in [-0.3, -0.25) is 9.69 Å². The maximum atomic E-state index is 13.6. The third-order valence-corrected chi connectivity index (χ3v) is 7.58. The second-order valence-electron chi connectivity index (χ2n) is 10.4. The van der Waals surface area contributed by atoms with Crippen LogP contribution in [0.5, 0.6) is 0 Å². The minimum Gasteiger partial charge on any atom is -0.361 e. The van der Waals surface area contributed by atoms with Gasteiger partial charge in [-0.25, -0.2) is 0 Å². The zero-order valence-corrected chi connectivity index (χ0v) is 22.1. The molecule has 10 heteroatoms. The first-order valence-electron chi connectivity index (χ1n) is 13.4. The lowest BCUT2D eigenvalue weighted by Crippen LogP contribution is -2.56. The zero-order valence-electron chi connectivity index (χ0n) is 22.1. The molecule has 0 aliphatic carbocycles. The van der Waals surface area contributed by atoms with Crippen LogP contribution in [-0.2, 0) is 25.2 Å². The van der Waals surface area contributed by atoms with Gasteiger partial charge in [-0.2, -0.15) is 26.3 Å². The van der Waals surface area contributed by atoms with Gasteiger partial charge in [-0.15, -0.1) is 0 Å². The molecule has 4 aromatic rings. The Bertz CT molecular complexity index is 1460. The number of piperazine rings is 1. The minimum atomic E-state index is -5.03. The summed E-state index contributed by atoms with van der Waals surface area (Å²) in [7, 11) is 0. The first-order valence-corrected chi connectivity index (χ1v) is 13.4. The molecular formula is C31H29F6N3O. The zero-order chi connectivity index (χ0) is 29.2. The van der Waals surface area contributed by atoms with Gasteiger partial charge in [0.2, 0.25) is 0 Å². The summed E-state index contributed by atoms with van der Waals surface area (Å²) in [6, 6.07) is 18.3. The van der Waals surface area contributed by atoms with Crippen LogP contribution in [0.15, 0.2) is 79.0 Å². The highest BCUT2D eigenvalue weighted by Crippen LogP contribution is 2.37. The summed E-state index contributed by atoms with van der Waals surface area (Å²) in [5.74, 6) is -0.838. The standard InChI is InChI=1S/C31H29F6N3O/c32-30(33,34)24-15-22(16-25(18-24)31(35,36)37)29(41)40-14-13-39(12-6-9-21-7-2-1-3-8-21)20-26(40)17-23-19-38-28-11-5-4-10-27(23)28/h1-5,7-8,10-11,15-16,18-19,26,38H,6,9,12-14,17,20H2. The van der Waals surface area contributed by atoms with E-state index in [1.165, 1.54) is 10.5 Å². The molecule has 5 rings (SSSR count). The predicted octanol–water partition coefficient (Wildman–Crippen LogP) is 7.21. The van der Waals surface area contributed by atoms with Crippen LogP contribution >= 0.6 is 0 Å². The molecule has 0 saturated carbocycles. The SMILES string of the molecule is O=C(c1cc(C(F)(F)F)cc(C(F)(F)F)c1)N1CCN(CCCc2ccccc2)CC1Cc1c[nH]c2ccccc12. The van der Waals surface area contributed by atoms with Gasteiger partial charge < -0.3 is 9.88 Å². The van der Waals surface area contributed by atoms with Crippen LogP contribution in [0.25, 0.3) is 10.9 Å². The summed E-state index contributed by atoms with van der Waals surface area (Å²) in [5.41, 5.74) is -0.569. The van der Waals surface area contributed by atoms with Gasteiger partial charge in [0.1, 0.15) is 0 Å². The second-order valence-corrected chi connectivity index (χ2v) is 10.4. The number of aromatic amines is 1. The van der Waals surface area contributed by atoms with Crippen molar-refractivity contribution in [2.24, 2.45) is 0 Å². The monoisotopic (exact) mass is 573 g/mol. The van der Waals surface area contributed by atoms with E-state index in [1.54, 1.807) is 0 Å². The molecule has 4 nitrogen and oxygen atoms in total. The quantitative estimate of drug-likeness (QED) is 0.238. The number of alkyl halides is 6. The van der Waals surface area contributed by atoms with E-state index in [1.807, 2.05) is 48.7 Å². The van der Waals surface area contributed by atoms with Crippen LogP contribution in [0.4, 0.5) is 26.3 Å². The number of amides is 1. The highest BCUT2D eigenvalue weighted by atomic mass is 19.4. The van der Waals surface area contributed by atoms with Crippen LogP contribution in [0, 0.1) is 0 Å². The number of aryl methyl sites for hydroxylation is 1. The smallest absolute Gasteiger partial charge is 0.361 e. The number of hydrogen-bond acceptors (Lipinski definition) is 2. The summed E-state index contributed by atoms with van der Waals surface area (Å²) in [6.07, 6.45) is -6.07. The van der Waals surface area contributed by atoms with Crippen molar-refractivity contribution in [1.82, 2.24) is 14.8 Å². The van der Waals surface area contributed by atoms with Crippen LogP contribution in [0.2, 0.25) is 0 Å². The van der Waals surface area contributed by atoms with Crippen molar-refractivity contribution in [2.75, 3.05) is 26.2 Å². The van der Waals surface area contributed by atoms with E-state index in [0.717, 1.165) is 35.9 Å². The topological polar surface area (TPSA) is 39.3 Å². The van der Waals surface area contributed by atoms with Crippen molar-refractivity contribution in [3.63, 3.8) is 0 Å². The lowest BCUT2D eigenvalue weighted by molar-refractivity contribution is -0.143. The lowest BCUT2D eigenvalue weighted by atomic mass is 9.98. The van der Waals surface area contributed by atoms with Crippen molar-refractivity contribution >= 4 is 16.8 Å². The van der Waals surface area contributed by atoms with E-state index in [9.17, 15) is 31.1 Å². The third kappa shape index (κ3) is 6.75. The molecule has 3 aromatic carbocycles. The first-order chi connectivity index (χ1) is 19.5. The number of fused-ring (bicyclic) bond motifs is 1. The van der Waals surface area contributed by atoms with E-state index < -0.39 is 41.0 Å². The van der Waals surface area contributed by atoms with Gasteiger partial charge >= 0.3 is 12.4 Å². The second kappa shape index (κ2) is 11.6. The summed E-state index contributed by atoms with van der Waals surface area (Å²) >= 11 is 0. The van der Waals surface area contributed by atoms with Crippen molar-refractivity contribution in [3.05, 3.63) is 107 Å². The van der Waals surface area contributed by atoms with Gasteiger partial charge in [0.05, 0.1) is 11.1 Å². The fraction of sp³-hybridized carbons (Fsp3) is 0.323. The maximum absolute atomic E-state index is 13.6. The molecule has 1 aromatic heterocycles. The van der Waals surface area contributed by atoms with Crippen LogP contribution in [0.3, 0.4) is 0 Å². The number of nitrogens with zero attached hydrogens (tertiary/aromatic N) is 2. The molecule has 216 valence electrons. The summed E-state index contributed by atoms with van der Waals surface area (Å²) < 4.78 is 81.1. The highest BCUT2D eigenvalue weighted by molar-refractivity contribution is 5.95. The third-order valence-electron chi connectivity index (χ3n) is 7.58. The largest absolute Gasteiger partial charge is 0.416 e. The molecule has 1 aliphatic rings. The van der Waals surface area contributed by atoms with Crippen LogP contribution in [-0.4, -0.2) is 52.9 Å². The average Bonchev–Trinajstić information content (AvgIpc) is 3.35. The minimum absolute atomic E-state index is 0.0465. The van der Waals surface area contributed by atoms with Gasteiger partial charge in [0.15, 0.2) is 0 Å². The highest BCUT2D eigenvalue weighted by Gasteiger charge is 2.39. The molecule has 1 atom stereocenters. The number of nitrogens with one attached hydrogen (secondary N) is 1. The molecule has 1 unspecified atom stereocenters. The fourth-order valence-electron chi connectivity index (χ4n) is 5.51. The fourth-order valence-corrected chi connectivity index (χ4v) is 5.51. The molecule has 41 heavy (non-hydrogen) atoms. The summed E-state index contributed by atoms with van der Waals surface area (Å²) in [4.78, 5) is 20.5. The number of halogens is 6. The Morgan fingerprint density at radius 1 is 0.854 bits per heavy atom. The lowest BCUT2D eigenvalue weighted by Gasteiger charge is -2.42. The molecule has 1 saturated heterocycles. The Labute approximate surface area is 233 Å². The number of rotatable bonds is 7. The Morgan fingerprint density at radius 3 is 2.20 bits per heavy atom. The molecule has 1 N–H and O–H groups in total. The Hall–Kier alpha value is -3.79. The summed E-state index contributed by atoms with van der Waals surface area (Å²) in [5, 5.41) is 0.958. The molecule has 2 heterocycles. The number of aromatic nitrogens is 1. The first kappa shape index (κ1) is 28.7. The molecule has 1 aliphatic heterocycles. The molecule has 0 bridgehead atoms. The molecule has 1 fully saturated rings. The number of benzene rings is 3. The van der Waals surface area contributed by atoms with Gasteiger partial charge in [-0.05, 0) is 61.2 Å². The average molecular weight is 574 g/mol. The van der Waals surface area contributed by atoms with Gasteiger partial charge in [0, 0.05) is 48.3 Å². The summed E-state index contributed by atoms with van der Waals surface area (Å²) in [6.45, 7) is 1.86. The maximum Gasteiger partial charge on any atom is 0.416 e. The normalized spacial score (nSPS) is 16.8. The number of carbonyl (C=O) groups is 1. The number of hydrogen-bond donors (Lipinski definition) is 1. The van der Waals surface area contributed by atoms with Gasteiger partial charge in [0.25, 0.3) is 5.91 Å². The van der Waals surface area contributed by atoms with E-state index in [4.69, 9.17) is 0 Å². The van der Waals surface area contributed by atoms with Gasteiger partial charge in [-0.1, -0.05) is 48.5 Å².